The maximum atomic E-state index is 11.3. The van der Waals surface area contributed by atoms with Crippen molar-refractivity contribution in [2.75, 3.05) is 13.0 Å². The van der Waals surface area contributed by atoms with Gasteiger partial charge in [-0.1, -0.05) is 23.8 Å². The van der Waals surface area contributed by atoms with Crippen LogP contribution >= 0.6 is 23.2 Å². The number of pyridine rings is 1. The maximum absolute atomic E-state index is 11.3. The van der Waals surface area contributed by atoms with Crippen LogP contribution in [0.5, 0.6) is 0 Å². The average Bonchev–Trinajstić information content (AvgIpc) is 2.30. The predicted octanol–water partition coefficient (Wildman–Crippen LogP) is 3.16. The zero-order valence-corrected chi connectivity index (χ0v) is 10.3. The number of nitrogens with zero attached hydrogens (tertiary/aromatic N) is 1. The van der Waals surface area contributed by atoms with Gasteiger partial charge < -0.3 is 4.74 Å². The molecule has 16 heavy (non-hydrogen) atoms. The Balaban J connectivity index is 2.93. The molecule has 0 saturated carbocycles. The zero-order chi connectivity index (χ0) is 12.0. The fourth-order valence-electron chi connectivity index (χ4n) is 1.09. The minimum Gasteiger partial charge on any atom is -0.465 e. The van der Waals surface area contributed by atoms with Crippen LogP contribution in [0.4, 0.5) is 0 Å². The van der Waals surface area contributed by atoms with Crippen LogP contribution in [-0.4, -0.2) is 23.9 Å². The lowest BCUT2D eigenvalue weighted by Crippen LogP contribution is -2.03. The molecule has 3 nitrogen and oxygen atoms in total. The molecular formula is C11H11Cl2NO2. The Bertz CT molecular complexity index is 405. The van der Waals surface area contributed by atoms with Crippen LogP contribution in [0.1, 0.15) is 22.3 Å². The van der Waals surface area contributed by atoms with Gasteiger partial charge in [-0.2, -0.15) is 0 Å². The van der Waals surface area contributed by atoms with Gasteiger partial charge in [0, 0.05) is 12.1 Å². The normalized spacial score (nSPS) is 10.7. The van der Waals surface area contributed by atoms with E-state index in [0.29, 0.717) is 5.88 Å². The number of carbonyl (C=O) groups excluding carboxylic acids is 1. The summed E-state index contributed by atoms with van der Waals surface area (Å²) in [7, 11) is 1.30. The number of ether oxygens (including phenoxy) is 1. The van der Waals surface area contributed by atoms with Gasteiger partial charge in [0.05, 0.1) is 12.7 Å². The van der Waals surface area contributed by atoms with E-state index in [2.05, 4.69) is 9.72 Å². The van der Waals surface area contributed by atoms with Crippen molar-refractivity contribution in [1.82, 2.24) is 4.98 Å². The van der Waals surface area contributed by atoms with Gasteiger partial charge >= 0.3 is 5.97 Å². The number of halogens is 2. The minimum atomic E-state index is -0.495. The molecule has 5 heteroatoms. The molecule has 0 amide bonds. The van der Waals surface area contributed by atoms with E-state index in [4.69, 9.17) is 23.2 Å². The van der Waals surface area contributed by atoms with Gasteiger partial charge in [0.15, 0.2) is 0 Å². The maximum Gasteiger partial charge on any atom is 0.341 e. The van der Waals surface area contributed by atoms with Crippen LogP contribution < -0.4 is 0 Å². The number of hydrogen-bond donors (Lipinski definition) is 0. The Labute approximate surface area is 104 Å². The third kappa shape index (κ3) is 3.51. The van der Waals surface area contributed by atoms with Crippen molar-refractivity contribution >= 4 is 35.2 Å². The first-order valence-corrected chi connectivity index (χ1v) is 5.56. The number of allylic oxidation sites excluding steroid dienone is 1. The monoisotopic (exact) mass is 259 g/mol. The highest BCUT2D eigenvalue weighted by Crippen LogP contribution is 2.16. The summed E-state index contributed by atoms with van der Waals surface area (Å²) in [5.74, 6) is 0.0616. The molecule has 0 radical (unpaired) electrons. The summed E-state index contributed by atoms with van der Waals surface area (Å²) in [5.41, 5.74) is 1.05. The molecule has 1 aromatic heterocycles. The van der Waals surface area contributed by atoms with Crippen LogP contribution in [0.15, 0.2) is 18.3 Å². The van der Waals surface area contributed by atoms with Crippen molar-refractivity contribution in [3.8, 4) is 0 Å². The molecule has 1 rings (SSSR count). The summed E-state index contributed by atoms with van der Waals surface area (Å²) in [6.45, 7) is 0. The summed E-state index contributed by atoms with van der Waals surface area (Å²) in [6, 6.07) is 1.63. The molecule has 86 valence electrons. The first-order chi connectivity index (χ1) is 7.69. The third-order valence-electron chi connectivity index (χ3n) is 1.85. The summed E-state index contributed by atoms with van der Waals surface area (Å²) in [4.78, 5) is 15.2. The Morgan fingerprint density at radius 2 is 2.38 bits per heavy atom. The van der Waals surface area contributed by atoms with E-state index in [1.807, 2.05) is 12.2 Å². The molecule has 0 unspecified atom stereocenters. The number of rotatable bonds is 4. The molecule has 1 heterocycles. The first kappa shape index (κ1) is 13.0. The standard InChI is InChI=1S/C11H11Cl2NO2/c1-16-11(15)9-6-8(4-2-3-5-12)7-14-10(9)13/h2,4,6-7H,3,5H2,1H3. The Hall–Kier alpha value is -1.06. The summed E-state index contributed by atoms with van der Waals surface area (Å²) in [5, 5.41) is 0.140. The van der Waals surface area contributed by atoms with E-state index in [1.165, 1.54) is 7.11 Å². The number of esters is 1. The molecule has 0 aliphatic rings. The molecule has 0 aliphatic heterocycles. The fraction of sp³-hybridized carbons (Fsp3) is 0.273. The second kappa shape index (κ2) is 6.51. The molecule has 0 aromatic carbocycles. The van der Waals surface area contributed by atoms with Crippen LogP contribution in [0.25, 0.3) is 6.08 Å². The van der Waals surface area contributed by atoms with E-state index in [-0.39, 0.29) is 10.7 Å². The summed E-state index contributed by atoms with van der Waals surface area (Å²) in [6.07, 6.45) is 6.08. The number of hydrogen-bond acceptors (Lipinski definition) is 3. The predicted molar refractivity (Wildman–Crippen MR) is 65.0 cm³/mol. The van der Waals surface area contributed by atoms with Gasteiger partial charge in [0.25, 0.3) is 0 Å². The fourth-order valence-corrected chi connectivity index (χ4v) is 1.40. The van der Waals surface area contributed by atoms with Gasteiger partial charge in [-0.05, 0) is 18.1 Å². The molecule has 0 fully saturated rings. The summed E-state index contributed by atoms with van der Waals surface area (Å²) < 4.78 is 4.59. The molecule has 0 saturated heterocycles. The average molecular weight is 260 g/mol. The minimum absolute atomic E-state index is 0.140. The van der Waals surface area contributed by atoms with Gasteiger partial charge in [-0.3, -0.25) is 0 Å². The largest absolute Gasteiger partial charge is 0.465 e. The van der Waals surface area contributed by atoms with E-state index in [9.17, 15) is 4.79 Å². The Morgan fingerprint density at radius 3 is 3.00 bits per heavy atom. The van der Waals surface area contributed by atoms with Crippen molar-refractivity contribution in [2.24, 2.45) is 0 Å². The smallest absolute Gasteiger partial charge is 0.341 e. The van der Waals surface area contributed by atoms with E-state index in [0.717, 1.165) is 12.0 Å². The van der Waals surface area contributed by atoms with E-state index in [1.54, 1.807) is 12.3 Å². The lowest BCUT2D eigenvalue weighted by atomic mass is 10.2. The van der Waals surface area contributed by atoms with Gasteiger partial charge in [0.2, 0.25) is 0 Å². The zero-order valence-electron chi connectivity index (χ0n) is 8.74. The quantitative estimate of drug-likeness (QED) is 0.474. The lowest BCUT2D eigenvalue weighted by Gasteiger charge is -2.02. The highest BCUT2D eigenvalue weighted by Gasteiger charge is 2.11. The molecular weight excluding hydrogens is 249 g/mol. The third-order valence-corrected chi connectivity index (χ3v) is 2.37. The summed E-state index contributed by atoms with van der Waals surface area (Å²) >= 11 is 11.3. The van der Waals surface area contributed by atoms with Crippen molar-refractivity contribution in [2.45, 2.75) is 6.42 Å². The van der Waals surface area contributed by atoms with E-state index < -0.39 is 5.97 Å². The van der Waals surface area contributed by atoms with Crippen molar-refractivity contribution in [1.29, 1.82) is 0 Å². The highest BCUT2D eigenvalue weighted by molar-refractivity contribution is 6.32. The number of carbonyl (C=O) groups is 1. The molecule has 1 aromatic rings. The first-order valence-electron chi connectivity index (χ1n) is 4.65. The molecule has 0 aliphatic carbocycles. The molecule has 0 atom stereocenters. The Kier molecular flexibility index (Phi) is 5.29. The molecule has 0 N–H and O–H groups in total. The van der Waals surface area contributed by atoms with E-state index >= 15 is 0 Å². The van der Waals surface area contributed by atoms with Gasteiger partial charge in [-0.25, -0.2) is 9.78 Å². The molecule has 0 spiro atoms. The van der Waals surface area contributed by atoms with Crippen LogP contribution in [-0.2, 0) is 4.74 Å². The Morgan fingerprint density at radius 1 is 1.62 bits per heavy atom. The molecule has 0 bridgehead atoms. The van der Waals surface area contributed by atoms with Gasteiger partial charge in [0.1, 0.15) is 5.15 Å². The lowest BCUT2D eigenvalue weighted by molar-refractivity contribution is 0.0600. The van der Waals surface area contributed by atoms with Gasteiger partial charge in [-0.15, -0.1) is 11.6 Å². The second-order valence-electron chi connectivity index (χ2n) is 2.98. The van der Waals surface area contributed by atoms with Crippen molar-refractivity contribution in [3.63, 3.8) is 0 Å². The van der Waals surface area contributed by atoms with Crippen molar-refractivity contribution < 1.29 is 9.53 Å². The second-order valence-corrected chi connectivity index (χ2v) is 3.71. The topological polar surface area (TPSA) is 39.2 Å². The van der Waals surface area contributed by atoms with Crippen LogP contribution in [0, 0.1) is 0 Å². The SMILES string of the molecule is COC(=O)c1cc(C=CCCCl)cnc1Cl. The number of alkyl halides is 1. The number of aromatic nitrogens is 1. The van der Waals surface area contributed by atoms with Crippen molar-refractivity contribution in [3.05, 3.63) is 34.6 Å². The van der Waals surface area contributed by atoms with Crippen LogP contribution in [0.2, 0.25) is 5.15 Å². The number of methoxy groups -OCH3 is 1. The highest BCUT2D eigenvalue weighted by atomic mass is 35.5. The van der Waals surface area contributed by atoms with Crippen LogP contribution in [0.3, 0.4) is 0 Å².